The van der Waals surface area contributed by atoms with Crippen molar-refractivity contribution in [2.24, 2.45) is 5.73 Å². The van der Waals surface area contributed by atoms with Crippen molar-refractivity contribution in [1.82, 2.24) is 5.32 Å². The number of aryl methyl sites for hydroxylation is 1. The molecular formula is C16H25ClN2O. The molecule has 20 heavy (non-hydrogen) atoms. The van der Waals surface area contributed by atoms with Crippen LogP contribution in [0.1, 0.15) is 49.7 Å². The second-order valence-electron chi connectivity index (χ2n) is 5.43. The first-order valence-corrected chi connectivity index (χ1v) is 7.33. The van der Waals surface area contributed by atoms with Crippen molar-refractivity contribution < 1.29 is 4.79 Å². The maximum absolute atomic E-state index is 11.9. The van der Waals surface area contributed by atoms with Crippen LogP contribution in [0, 0.1) is 0 Å². The second-order valence-corrected chi connectivity index (χ2v) is 5.43. The lowest BCUT2D eigenvalue weighted by Gasteiger charge is -2.26. The van der Waals surface area contributed by atoms with Crippen LogP contribution >= 0.6 is 12.4 Å². The van der Waals surface area contributed by atoms with Crippen LogP contribution < -0.4 is 11.1 Å². The molecule has 1 aliphatic carbocycles. The van der Waals surface area contributed by atoms with Crippen LogP contribution in [0.3, 0.4) is 0 Å². The predicted octanol–water partition coefficient (Wildman–Crippen LogP) is 2.77. The predicted molar refractivity (Wildman–Crippen MR) is 85.3 cm³/mol. The molecule has 4 heteroatoms. The van der Waals surface area contributed by atoms with Crippen LogP contribution in [0.15, 0.2) is 24.3 Å². The van der Waals surface area contributed by atoms with E-state index in [-0.39, 0.29) is 24.4 Å². The molecule has 112 valence electrons. The van der Waals surface area contributed by atoms with Crippen molar-refractivity contribution in [1.29, 1.82) is 0 Å². The van der Waals surface area contributed by atoms with Crippen molar-refractivity contribution >= 4 is 18.3 Å². The summed E-state index contributed by atoms with van der Waals surface area (Å²) in [7, 11) is 0. The smallest absolute Gasteiger partial charge is 0.236 e. The second kappa shape index (κ2) is 8.28. The van der Waals surface area contributed by atoms with E-state index in [4.69, 9.17) is 5.73 Å². The molecule has 1 amide bonds. The number of hydrogen-bond donors (Lipinski definition) is 2. The summed E-state index contributed by atoms with van der Waals surface area (Å²) >= 11 is 0. The normalized spacial score (nSPS) is 18.6. The first-order valence-electron chi connectivity index (χ1n) is 7.33. The van der Waals surface area contributed by atoms with Gasteiger partial charge in [0, 0.05) is 12.5 Å². The quantitative estimate of drug-likeness (QED) is 0.878. The highest BCUT2D eigenvalue weighted by atomic mass is 35.5. The van der Waals surface area contributed by atoms with E-state index in [2.05, 4.69) is 29.6 Å². The van der Waals surface area contributed by atoms with E-state index in [1.54, 1.807) is 0 Å². The summed E-state index contributed by atoms with van der Waals surface area (Å²) in [6.45, 7) is 2.76. The molecule has 0 radical (unpaired) electrons. The van der Waals surface area contributed by atoms with Crippen LogP contribution in [-0.2, 0) is 11.2 Å². The third-order valence-corrected chi connectivity index (χ3v) is 3.95. The fraction of sp³-hybridized carbons (Fsp3) is 0.562. The Hall–Kier alpha value is -1.06. The Balaban J connectivity index is 0.00000200. The van der Waals surface area contributed by atoms with Crippen molar-refractivity contribution in [3.63, 3.8) is 0 Å². The van der Waals surface area contributed by atoms with Crippen LogP contribution in [0.5, 0.6) is 0 Å². The topological polar surface area (TPSA) is 55.1 Å². The van der Waals surface area contributed by atoms with Crippen molar-refractivity contribution in [3.8, 4) is 0 Å². The van der Waals surface area contributed by atoms with Gasteiger partial charge < -0.3 is 11.1 Å². The average Bonchev–Trinajstić information content (AvgIpc) is 2.45. The summed E-state index contributed by atoms with van der Waals surface area (Å²) in [5.41, 5.74) is 8.66. The number of nitrogens with one attached hydrogen (secondary N) is 1. The molecule has 0 fully saturated rings. The van der Waals surface area contributed by atoms with E-state index in [0.29, 0.717) is 12.5 Å². The van der Waals surface area contributed by atoms with Gasteiger partial charge in [-0.15, -0.1) is 12.4 Å². The number of fused-ring (bicyclic) bond motifs is 1. The summed E-state index contributed by atoms with van der Waals surface area (Å²) < 4.78 is 0. The van der Waals surface area contributed by atoms with Gasteiger partial charge in [0.25, 0.3) is 0 Å². The lowest BCUT2D eigenvalue weighted by molar-refractivity contribution is -0.122. The van der Waals surface area contributed by atoms with Gasteiger partial charge in [-0.05, 0) is 36.8 Å². The summed E-state index contributed by atoms with van der Waals surface area (Å²) in [6.07, 6.45) is 5.22. The minimum Gasteiger partial charge on any atom is -0.354 e. The Morgan fingerprint density at radius 1 is 1.45 bits per heavy atom. The Labute approximate surface area is 127 Å². The monoisotopic (exact) mass is 296 g/mol. The fourth-order valence-electron chi connectivity index (χ4n) is 2.86. The molecule has 0 saturated heterocycles. The number of carbonyl (C=O) groups is 1. The number of hydrogen-bond acceptors (Lipinski definition) is 2. The molecule has 1 aromatic rings. The van der Waals surface area contributed by atoms with Gasteiger partial charge in [-0.3, -0.25) is 4.79 Å². The molecule has 3 N–H and O–H groups in total. The highest BCUT2D eigenvalue weighted by Gasteiger charge is 2.21. The molecule has 2 unspecified atom stereocenters. The third-order valence-electron chi connectivity index (χ3n) is 3.95. The molecule has 3 nitrogen and oxygen atoms in total. The minimum atomic E-state index is -0.358. The van der Waals surface area contributed by atoms with Gasteiger partial charge in [0.15, 0.2) is 0 Å². The van der Waals surface area contributed by atoms with E-state index in [1.165, 1.54) is 17.5 Å². The standard InChI is InChI=1S/C16H24N2O.ClH/c1-2-6-15(17)16(19)18-11-13-9-5-8-12-7-3-4-10-14(12)13;/h3-4,7,10,13,15H,2,5-6,8-9,11,17H2,1H3,(H,18,19);1H. The number of carbonyl (C=O) groups excluding carboxylic acids is 1. The largest absolute Gasteiger partial charge is 0.354 e. The Morgan fingerprint density at radius 3 is 2.95 bits per heavy atom. The Morgan fingerprint density at radius 2 is 2.20 bits per heavy atom. The lowest BCUT2D eigenvalue weighted by Crippen LogP contribution is -2.42. The summed E-state index contributed by atoms with van der Waals surface area (Å²) in [6, 6.07) is 8.21. The molecule has 2 atom stereocenters. The summed E-state index contributed by atoms with van der Waals surface area (Å²) in [5, 5.41) is 3.01. The number of amides is 1. The van der Waals surface area contributed by atoms with Gasteiger partial charge in [-0.1, -0.05) is 37.6 Å². The van der Waals surface area contributed by atoms with Crippen LogP contribution in [0.4, 0.5) is 0 Å². The third kappa shape index (κ3) is 4.22. The lowest BCUT2D eigenvalue weighted by atomic mass is 9.83. The maximum Gasteiger partial charge on any atom is 0.236 e. The number of benzene rings is 1. The Bertz CT molecular complexity index is 436. The van der Waals surface area contributed by atoms with Gasteiger partial charge in [-0.25, -0.2) is 0 Å². The zero-order chi connectivity index (χ0) is 13.7. The minimum absolute atomic E-state index is 0. The number of nitrogens with two attached hydrogens (primary N) is 1. The van der Waals surface area contributed by atoms with Crippen molar-refractivity contribution in [2.45, 2.75) is 51.0 Å². The molecule has 0 aliphatic heterocycles. The molecule has 0 bridgehead atoms. The van der Waals surface area contributed by atoms with E-state index in [1.807, 2.05) is 6.92 Å². The molecule has 0 heterocycles. The first-order chi connectivity index (χ1) is 9.22. The van der Waals surface area contributed by atoms with E-state index >= 15 is 0 Å². The van der Waals surface area contributed by atoms with Crippen LogP contribution in [-0.4, -0.2) is 18.5 Å². The van der Waals surface area contributed by atoms with Crippen molar-refractivity contribution in [3.05, 3.63) is 35.4 Å². The van der Waals surface area contributed by atoms with E-state index in [9.17, 15) is 4.79 Å². The first kappa shape index (κ1) is 17.0. The molecule has 2 rings (SSSR count). The van der Waals surface area contributed by atoms with Crippen LogP contribution in [0.25, 0.3) is 0 Å². The summed E-state index contributed by atoms with van der Waals surface area (Å²) in [5.74, 6) is 0.438. The van der Waals surface area contributed by atoms with E-state index < -0.39 is 0 Å². The van der Waals surface area contributed by atoms with Gasteiger partial charge in [0.05, 0.1) is 6.04 Å². The van der Waals surface area contributed by atoms with Gasteiger partial charge in [0.1, 0.15) is 0 Å². The highest BCUT2D eigenvalue weighted by Crippen LogP contribution is 2.30. The summed E-state index contributed by atoms with van der Waals surface area (Å²) in [4.78, 5) is 11.9. The zero-order valence-corrected chi connectivity index (χ0v) is 12.9. The Kier molecular flexibility index (Phi) is 7.03. The highest BCUT2D eigenvalue weighted by molar-refractivity contribution is 5.85. The molecule has 1 aromatic carbocycles. The molecule has 0 saturated carbocycles. The molecule has 0 spiro atoms. The molecule has 1 aliphatic rings. The maximum atomic E-state index is 11.9. The zero-order valence-electron chi connectivity index (χ0n) is 12.1. The molecule has 0 aromatic heterocycles. The number of halogens is 1. The number of rotatable bonds is 5. The van der Waals surface area contributed by atoms with Gasteiger partial charge >= 0.3 is 0 Å². The van der Waals surface area contributed by atoms with Gasteiger partial charge in [-0.2, -0.15) is 0 Å². The molecular weight excluding hydrogens is 272 g/mol. The van der Waals surface area contributed by atoms with Crippen LogP contribution in [0.2, 0.25) is 0 Å². The van der Waals surface area contributed by atoms with Gasteiger partial charge in [0.2, 0.25) is 5.91 Å². The fourth-order valence-corrected chi connectivity index (χ4v) is 2.86. The van der Waals surface area contributed by atoms with Crippen molar-refractivity contribution in [2.75, 3.05) is 6.54 Å². The average molecular weight is 297 g/mol. The van der Waals surface area contributed by atoms with E-state index in [0.717, 1.165) is 25.7 Å². The SMILES string of the molecule is CCCC(N)C(=O)NCC1CCCc2ccccc21.Cl.